The van der Waals surface area contributed by atoms with Crippen LogP contribution >= 0.6 is 0 Å². The Labute approximate surface area is 108 Å². The van der Waals surface area contributed by atoms with Crippen LogP contribution in [0.15, 0.2) is 6.20 Å². The fraction of sp³-hybridized carbons (Fsp3) is 0.571. The van der Waals surface area contributed by atoms with Crippen LogP contribution in [0.4, 0.5) is 0 Å². The molecule has 0 aliphatic rings. The number of rotatable bonds is 4. The van der Waals surface area contributed by atoms with Gasteiger partial charge < -0.3 is 9.88 Å². The summed E-state index contributed by atoms with van der Waals surface area (Å²) in [6.45, 7) is 7.32. The molecule has 4 heteroatoms. The zero-order valence-corrected chi connectivity index (χ0v) is 11.9. The van der Waals surface area contributed by atoms with Gasteiger partial charge >= 0.3 is 0 Å². The summed E-state index contributed by atoms with van der Waals surface area (Å²) < 4.78 is 2.10. The lowest BCUT2D eigenvalue weighted by molar-refractivity contribution is 0.620. The van der Waals surface area contributed by atoms with E-state index < -0.39 is 0 Å². The zero-order chi connectivity index (χ0) is 13.3. The van der Waals surface area contributed by atoms with E-state index in [1.165, 1.54) is 10.9 Å². The first-order valence-corrected chi connectivity index (χ1v) is 6.49. The smallest absolute Gasteiger partial charge is 0.143 e. The Hall–Kier alpha value is -1.42. The molecule has 2 heterocycles. The number of aromatic nitrogens is 3. The molecule has 2 aromatic rings. The summed E-state index contributed by atoms with van der Waals surface area (Å²) in [7, 11) is 4.01. The van der Waals surface area contributed by atoms with Crippen LogP contribution in [0.2, 0.25) is 0 Å². The minimum absolute atomic E-state index is 0.582. The molecule has 0 aromatic carbocycles. The van der Waals surface area contributed by atoms with E-state index in [2.05, 4.69) is 41.8 Å². The van der Waals surface area contributed by atoms with Gasteiger partial charge in [0.25, 0.3) is 0 Å². The molecule has 1 N–H and O–H groups in total. The normalized spacial score (nSPS) is 11.7. The van der Waals surface area contributed by atoms with Crippen LogP contribution in [0.25, 0.3) is 11.0 Å². The van der Waals surface area contributed by atoms with Gasteiger partial charge in [-0.2, -0.15) is 0 Å². The van der Waals surface area contributed by atoms with Gasteiger partial charge in [0, 0.05) is 31.6 Å². The summed E-state index contributed by atoms with van der Waals surface area (Å²) >= 11 is 0. The molecule has 2 rings (SSSR count). The zero-order valence-electron chi connectivity index (χ0n) is 11.9. The average molecular weight is 246 g/mol. The second-order valence-corrected chi connectivity index (χ2v) is 5.32. The molecule has 0 aliphatic heterocycles. The van der Waals surface area contributed by atoms with Crippen LogP contribution in [0, 0.1) is 12.8 Å². The highest BCUT2D eigenvalue weighted by Crippen LogP contribution is 2.22. The molecule has 0 amide bonds. The molecular formula is C14H22N4. The van der Waals surface area contributed by atoms with Crippen molar-refractivity contribution in [1.82, 2.24) is 19.9 Å². The predicted molar refractivity (Wildman–Crippen MR) is 74.6 cm³/mol. The number of fused-ring (bicyclic) bond motifs is 1. The maximum Gasteiger partial charge on any atom is 0.143 e. The third kappa shape index (κ3) is 2.38. The highest BCUT2D eigenvalue weighted by molar-refractivity contribution is 5.82. The van der Waals surface area contributed by atoms with Crippen molar-refractivity contribution in [2.45, 2.75) is 33.7 Å². The Morgan fingerprint density at radius 1 is 1.33 bits per heavy atom. The summed E-state index contributed by atoms with van der Waals surface area (Å²) in [5, 5.41) is 4.39. The van der Waals surface area contributed by atoms with Crippen LogP contribution < -0.4 is 5.32 Å². The first-order chi connectivity index (χ1) is 8.52. The molecule has 0 atom stereocenters. The Morgan fingerprint density at radius 2 is 2.06 bits per heavy atom. The Morgan fingerprint density at radius 3 is 2.67 bits per heavy atom. The van der Waals surface area contributed by atoms with Gasteiger partial charge in [0.1, 0.15) is 11.5 Å². The minimum atomic E-state index is 0.582. The molecule has 98 valence electrons. The van der Waals surface area contributed by atoms with Crippen molar-refractivity contribution in [2.75, 3.05) is 7.05 Å². The Bertz CT molecular complexity index is 554. The van der Waals surface area contributed by atoms with E-state index in [9.17, 15) is 0 Å². The van der Waals surface area contributed by atoms with Crippen molar-refractivity contribution < 1.29 is 0 Å². The first-order valence-electron chi connectivity index (χ1n) is 6.49. The molecule has 0 bridgehead atoms. The summed E-state index contributed by atoms with van der Waals surface area (Å²) in [6, 6.07) is 0. The molecule has 0 unspecified atom stereocenters. The third-order valence-electron chi connectivity index (χ3n) is 3.08. The summed E-state index contributed by atoms with van der Waals surface area (Å²) in [5.74, 6) is 1.53. The number of nitrogens with zero attached hydrogens (tertiary/aromatic N) is 3. The van der Waals surface area contributed by atoms with Gasteiger partial charge in [0.2, 0.25) is 0 Å². The molecule has 2 aromatic heterocycles. The van der Waals surface area contributed by atoms with Gasteiger partial charge in [0.15, 0.2) is 0 Å². The number of nitrogens with one attached hydrogen (secondary N) is 1. The number of hydrogen-bond donors (Lipinski definition) is 1. The molecule has 0 saturated carbocycles. The van der Waals surface area contributed by atoms with E-state index in [1.54, 1.807) is 0 Å². The highest BCUT2D eigenvalue weighted by atomic mass is 15.0. The average Bonchev–Trinajstić information content (AvgIpc) is 2.56. The molecular weight excluding hydrogens is 224 g/mol. The van der Waals surface area contributed by atoms with Crippen molar-refractivity contribution in [2.24, 2.45) is 13.0 Å². The fourth-order valence-corrected chi connectivity index (χ4v) is 2.39. The van der Waals surface area contributed by atoms with Crippen molar-refractivity contribution in [3.63, 3.8) is 0 Å². The van der Waals surface area contributed by atoms with E-state index in [-0.39, 0.29) is 0 Å². The number of aryl methyl sites for hydroxylation is 2. The van der Waals surface area contributed by atoms with Crippen molar-refractivity contribution in [3.8, 4) is 0 Å². The quantitative estimate of drug-likeness (QED) is 0.899. The van der Waals surface area contributed by atoms with Crippen LogP contribution in [0.1, 0.15) is 30.9 Å². The third-order valence-corrected chi connectivity index (χ3v) is 3.08. The lowest BCUT2D eigenvalue weighted by Gasteiger charge is -2.07. The molecule has 0 saturated heterocycles. The molecule has 18 heavy (non-hydrogen) atoms. The van der Waals surface area contributed by atoms with Crippen molar-refractivity contribution in [1.29, 1.82) is 0 Å². The molecule has 0 spiro atoms. The molecule has 0 radical (unpaired) electrons. The lowest BCUT2D eigenvalue weighted by atomic mass is 10.1. The minimum Gasteiger partial charge on any atom is -0.335 e. The Kier molecular flexibility index (Phi) is 3.66. The largest absolute Gasteiger partial charge is 0.335 e. The Balaban J connectivity index is 2.56. The van der Waals surface area contributed by atoms with E-state index in [1.807, 2.05) is 14.1 Å². The topological polar surface area (TPSA) is 42.7 Å². The van der Waals surface area contributed by atoms with Crippen LogP contribution in [-0.4, -0.2) is 21.6 Å². The van der Waals surface area contributed by atoms with E-state index in [0.29, 0.717) is 5.92 Å². The van der Waals surface area contributed by atoms with Gasteiger partial charge in [-0.3, -0.25) is 0 Å². The fourth-order valence-electron chi connectivity index (χ4n) is 2.39. The summed E-state index contributed by atoms with van der Waals surface area (Å²) in [5.41, 5.74) is 3.40. The van der Waals surface area contributed by atoms with Crippen LogP contribution in [-0.2, 0) is 20.0 Å². The maximum atomic E-state index is 4.70. The van der Waals surface area contributed by atoms with E-state index >= 15 is 0 Å². The molecule has 4 nitrogen and oxygen atoms in total. The second kappa shape index (κ2) is 5.06. The van der Waals surface area contributed by atoms with Gasteiger partial charge in [0.05, 0.1) is 5.69 Å². The molecule has 0 fully saturated rings. The summed E-state index contributed by atoms with van der Waals surface area (Å²) in [6.07, 6.45) is 3.07. The van der Waals surface area contributed by atoms with Gasteiger partial charge in [-0.05, 0) is 25.5 Å². The lowest BCUT2D eigenvalue weighted by Crippen LogP contribution is -2.06. The number of hydrogen-bond acceptors (Lipinski definition) is 3. The monoisotopic (exact) mass is 246 g/mol. The second-order valence-electron chi connectivity index (χ2n) is 5.32. The van der Waals surface area contributed by atoms with Crippen LogP contribution in [0.5, 0.6) is 0 Å². The van der Waals surface area contributed by atoms with Gasteiger partial charge in [-0.15, -0.1) is 0 Å². The predicted octanol–water partition coefficient (Wildman–Crippen LogP) is 2.19. The van der Waals surface area contributed by atoms with Gasteiger partial charge in [-0.25, -0.2) is 9.97 Å². The first kappa shape index (κ1) is 13.0. The van der Waals surface area contributed by atoms with Gasteiger partial charge in [-0.1, -0.05) is 13.8 Å². The standard InChI is InChI=1S/C14H22N4/c1-9(2)6-12-16-10(3)13-11(7-15-4)8-18(5)14(13)17-12/h8-9,15H,6-7H2,1-5H3. The van der Waals surface area contributed by atoms with Crippen molar-refractivity contribution in [3.05, 3.63) is 23.3 Å². The molecule has 0 aliphatic carbocycles. The van der Waals surface area contributed by atoms with Crippen molar-refractivity contribution >= 4 is 11.0 Å². The maximum absolute atomic E-state index is 4.70. The van der Waals surface area contributed by atoms with E-state index in [0.717, 1.165) is 30.1 Å². The summed E-state index contributed by atoms with van der Waals surface area (Å²) in [4.78, 5) is 9.35. The van der Waals surface area contributed by atoms with E-state index in [4.69, 9.17) is 4.98 Å². The highest BCUT2D eigenvalue weighted by Gasteiger charge is 2.13. The van der Waals surface area contributed by atoms with Crippen LogP contribution in [0.3, 0.4) is 0 Å². The SMILES string of the molecule is CNCc1cn(C)c2nc(CC(C)C)nc(C)c12.